The molecule has 1 N–H and O–H groups in total. The Morgan fingerprint density at radius 3 is 2.57 bits per heavy atom. The molecule has 0 bridgehead atoms. The number of carbonyl (C=O) groups excluding carboxylic acids is 1. The average Bonchev–Trinajstić information content (AvgIpc) is 2.74. The Morgan fingerprint density at radius 2 is 1.83 bits per heavy atom. The monoisotopic (exact) mass is 530 g/mol. The molecule has 3 rings (SSSR count). The Labute approximate surface area is 192 Å². The Balaban J connectivity index is 1.72. The highest BCUT2D eigenvalue weighted by molar-refractivity contribution is 9.10. The first-order chi connectivity index (χ1) is 14.6. The van der Waals surface area contributed by atoms with E-state index in [-0.39, 0.29) is 5.91 Å². The fourth-order valence-corrected chi connectivity index (χ4v) is 3.63. The smallest absolute Gasteiger partial charge is 0.271 e. The lowest BCUT2D eigenvalue weighted by atomic mass is 10.2. The van der Waals surface area contributed by atoms with Crippen molar-refractivity contribution < 1.29 is 14.3 Å². The van der Waals surface area contributed by atoms with E-state index >= 15 is 0 Å². The second-order valence-electron chi connectivity index (χ2n) is 6.25. The molecule has 0 unspecified atom stereocenters. The van der Waals surface area contributed by atoms with Gasteiger partial charge in [0.05, 0.1) is 17.3 Å². The number of halogens is 2. The fourth-order valence-electron chi connectivity index (χ4n) is 2.65. The highest BCUT2D eigenvalue weighted by Crippen LogP contribution is 2.37. The zero-order chi connectivity index (χ0) is 21.3. The van der Waals surface area contributed by atoms with E-state index < -0.39 is 0 Å². The lowest BCUT2D eigenvalue weighted by Crippen LogP contribution is -2.17. The molecule has 0 heterocycles. The van der Waals surface area contributed by atoms with Gasteiger partial charge in [-0.15, -0.1) is 0 Å². The molecule has 0 aliphatic rings. The van der Waals surface area contributed by atoms with Gasteiger partial charge in [-0.2, -0.15) is 5.10 Å². The van der Waals surface area contributed by atoms with E-state index in [4.69, 9.17) is 9.47 Å². The topological polar surface area (TPSA) is 59.9 Å². The van der Waals surface area contributed by atoms with Crippen LogP contribution < -0.4 is 14.9 Å². The number of rotatable bonds is 8. The molecule has 1 amide bonds. The standard InChI is InChI=1S/C23H20Br2N2O3/c1-2-29-21-12-17(14-26-27-23(28)18-9-6-10-19(24)13-18)11-20(25)22(21)30-15-16-7-4-3-5-8-16/h3-14H,2,15H2,1H3,(H,27,28)/b26-14-. The molecule has 0 saturated carbocycles. The zero-order valence-electron chi connectivity index (χ0n) is 16.3. The van der Waals surface area contributed by atoms with Crippen molar-refractivity contribution in [1.82, 2.24) is 5.43 Å². The normalized spacial score (nSPS) is 10.8. The van der Waals surface area contributed by atoms with Crippen molar-refractivity contribution in [2.45, 2.75) is 13.5 Å². The van der Waals surface area contributed by atoms with Crippen molar-refractivity contribution in [3.05, 3.63) is 92.4 Å². The predicted octanol–water partition coefficient (Wildman–Crippen LogP) is 5.95. The second kappa shape index (κ2) is 10.9. The molecule has 0 spiro atoms. The maximum Gasteiger partial charge on any atom is 0.271 e. The van der Waals surface area contributed by atoms with Gasteiger partial charge in [-0.3, -0.25) is 4.79 Å². The molecule has 0 fully saturated rings. The Bertz CT molecular complexity index is 1040. The summed E-state index contributed by atoms with van der Waals surface area (Å²) in [5, 5.41) is 4.06. The number of ether oxygens (including phenoxy) is 2. The van der Waals surface area contributed by atoms with Crippen molar-refractivity contribution in [3.8, 4) is 11.5 Å². The van der Waals surface area contributed by atoms with E-state index in [0.717, 1.165) is 20.1 Å². The van der Waals surface area contributed by atoms with Crippen LogP contribution in [0.2, 0.25) is 0 Å². The summed E-state index contributed by atoms with van der Waals surface area (Å²) in [7, 11) is 0. The minimum absolute atomic E-state index is 0.292. The number of hydrogen-bond donors (Lipinski definition) is 1. The lowest BCUT2D eigenvalue weighted by Gasteiger charge is -2.14. The fraction of sp³-hybridized carbons (Fsp3) is 0.130. The first-order valence-electron chi connectivity index (χ1n) is 9.29. The summed E-state index contributed by atoms with van der Waals surface area (Å²) in [5.74, 6) is 0.929. The highest BCUT2D eigenvalue weighted by Gasteiger charge is 2.12. The van der Waals surface area contributed by atoms with Crippen LogP contribution in [-0.4, -0.2) is 18.7 Å². The number of amides is 1. The summed E-state index contributed by atoms with van der Waals surface area (Å²) in [5.41, 5.74) is 4.86. The van der Waals surface area contributed by atoms with Crippen LogP contribution in [0.3, 0.4) is 0 Å². The van der Waals surface area contributed by atoms with Crippen LogP contribution in [0.4, 0.5) is 0 Å². The van der Waals surface area contributed by atoms with Crippen LogP contribution in [0.1, 0.15) is 28.4 Å². The van der Waals surface area contributed by atoms with Gasteiger partial charge in [0.1, 0.15) is 6.61 Å². The van der Waals surface area contributed by atoms with Crippen molar-refractivity contribution in [2.75, 3.05) is 6.61 Å². The summed E-state index contributed by atoms with van der Waals surface area (Å²) in [4.78, 5) is 12.2. The number of hydrogen-bond acceptors (Lipinski definition) is 4. The van der Waals surface area contributed by atoms with Crippen molar-refractivity contribution in [2.24, 2.45) is 5.10 Å². The van der Waals surface area contributed by atoms with Crippen LogP contribution in [-0.2, 0) is 6.61 Å². The van der Waals surface area contributed by atoms with Crippen molar-refractivity contribution >= 4 is 44.0 Å². The van der Waals surface area contributed by atoms with E-state index in [1.54, 1.807) is 24.4 Å². The van der Waals surface area contributed by atoms with Crippen LogP contribution in [0, 0.1) is 0 Å². The van der Waals surface area contributed by atoms with Gasteiger partial charge in [-0.25, -0.2) is 5.43 Å². The van der Waals surface area contributed by atoms with E-state index in [1.807, 2.05) is 55.5 Å². The number of hydrazone groups is 1. The van der Waals surface area contributed by atoms with Crippen LogP contribution in [0.25, 0.3) is 0 Å². The molecule has 5 nitrogen and oxygen atoms in total. The van der Waals surface area contributed by atoms with E-state index in [9.17, 15) is 4.79 Å². The molecule has 0 radical (unpaired) electrons. The molecular weight excluding hydrogens is 512 g/mol. The molecule has 0 aliphatic heterocycles. The molecule has 7 heteroatoms. The Hall–Kier alpha value is -2.64. The number of benzene rings is 3. The first kappa shape index (κ1) is 22.1. The zero-order valence-corrected chi connectivity index (χ0v) is 19.4. The van der Waals surface area contributed by atoms with Gasteiger partial charge in [-0.1, -0.05) is 52.3 Å². The quantitative estimate of drug-likeness (QED) is 0.288. The molecule has 0 aromatic heterocycles. The summed E-state index contributed by atoms with van der Waals surface area (Å²) in [6.45, 7) is 2.83. The third kappa shape index (κ3) is 6.18. The highest BCUT2D eigenvalue weighted by atomic mass is 79.9. The SMILES string of the molecule is CCOc1cc(/C=N\NC(=O)c2cccc(Br)c2)cc(Br)c1OCc1ccccc1. The Kier molecular flexibility index (Phi) is 8.04. The maximum absolute atomic E-state index is 12.2. The first-order valence-corrected chi connectivity index (χ1v) is 10.9. The molecule has 3 aromatic rings. The maximum atomic E-state index is 12.2. The number of nitrogens with one attached hydrogen (secondary N) is 1. The average molecular weight is 532 g/mol. The predicted molar refractivity (Wildman–Crippen MR) is 125 cm³/mol. The third-order valence-electron chi connectivity index (χ3n) is 4.02. The third-order valence-corrected chi connectivity index (χ3v) is 5.11. The van der Waals surface area contributed by atoms with Crippen molar-refractivity contribution in [3.63, 3.8) is 0 Å². The summed E-state index contributed by atoms with van der Waals surface area (Å²) >= 11 is 6.90. The molecule has 0 aliphatic carbocycles. The second-order valence-corrected chi connectivity index (χ2v) is 8.02. The molecule has 0 atom stereocenters. The number of carbonyl (C=O) groups is 1. The van der Waals surface area contributed by atoms with Gasteiger partial charge in [0.15, 0.2) is 11.5 Å². The van der Waals surface area contributed by atoms with Crippen LogP contribution >= 0.6 is 31.9 Å². The summed E-state index contributed by atoms with van der Waals surface area (Å²) in [6.07, 6.45) is 1.56. The van der Waals surface area contributed by atoms with Crippen LogP contribution in [0.5, 0.6) is 11.5 Å². The molecule has 154 valence electrons. The molecule has 3 aromatic carbocycles. The Morgan fingerprint density at radius 1 is 1.03 bits per heavy atom. The van der Waals surface area contributed by atoms with E-state index in [1.165, 1.54) is 0 Å². The number of nitrogens with zero attached hydrogens (tertiary/aromatic N) is 1. The van der Waals surface area contributed by atoms with Gasteiger partial charge in [0.25, 0.3) is 5.91 Å². The van der Waals surface area contributed by atoms with Gasteiger partial charge in [0, 0.05) is 10.0 Å². The van der Waals surface area contributed by atoms with Gasteiger partial charge in [-0.05, 0) is 64.3 Å². The summed E-state index contributed by atoms with van der Waals surface area (Å²) in [6, 6.07) is 20.7. The van der Waals surface area contributed by atoms with E-state index in [2.05, 4.69) is 42.4 Å². The minimum Gasteiger partial charge on any atom is -0.490 e. The minimum atomic E-state index is -0.292. The van der Waals surface area contributed by atoms with Gasteiger partial charge < -0.3 is 9.47 Å². The van der Waals surface area contributed by atoms with Gasteiger partial charge >= 0.3 is 0 Å². The molecular formula is C23H20Br2N2O3. The van der Waals surface area contributed by atoms with Crippen molar-refractivity contribution in [1.29, 1.82) is 0 Å². The van der Waals surface area contributed by atoms with Crippen LogP contribution in [0.15, 0.2) is 80.8 Å². The summed E-state index contributed by atoms with van der Waals surface area (Å²) < 4.78 is 13.3. The largest absolute Gasteiger partial charge is 0.490 e. The van der Waals surface area contributed by atoms with E-state index in [0.29, 0.717) is 30.3 Å². The molecule has 0 saturated heterocycles. The lowest BCUT2D eigenvalue weighted by molar-refractivity contribution is 0.0955. The molecule has 30 heavy (non-hydrogen) atoms. The van der Waals surface area contributed by atoms with Gasteiger partial charge in [0.2, 0.25) is 0 Å².